The van der Waals surface area contributed by atoms with Crippen molar-refractivity contribution in [3.05, 3.63) is 35.4 Å². The van der Waals surface area contributed by atoms with Gasteiger partial charge >= 0.3 is 5.97 Å². The van der Waals surface area contributed by atoms with Crippen LogP contribution in [0.1, 0.15) is 54.4 Å². The molecule has 0 heterocycles. The molecule has 0 N–H and O–H groups in total. The summed E-state index contributed by atoms with van der Waals surface area (Å²) in [4.78, 5) is 11.3. The minimum atomic E-state index is -0.256. The maximum atomic E-state index is 11.3. The van der Waals surface area contributed by atoms with Crippen LogP contribution in [0.2, 0.25) is 0 Å². The number of carbonyl (C=O) groups excluding carboxylic acids is 1. The van der Waals surface area contributed by atoms with Crippen molar-refractivity contribution in [2.45, 2.75) is 38.5 Å². The molecule has 1 fully saturated rings. The lowest BCUT2D eigenvalue weighted by Crippen LogP contribution is -2.14. The first-order chi connectivity index (χ1) is 8.22. The number of esters is 1. The molecule has 1 aromatic rings. The van der Waals surface area contributed by atoms with Gasteiger partial charge in [0.05, 0.1) is 12.7 Å². The summed E-state index contributed by atoms with van der Waals surface area (Å²) in [6.07, 6.45) is 5.29. The maximum Gasteiger partial charge on any atom is 0.337 e. The molecule has 0 bridgehead atoms. The number of hydrogen-bond acceptors (Lipinski definition) is 2. The molecular formula is C15H20O2. The van der Waals surface area contributed by atoms with Crippen molar-refractivity contribution in [1.82, 2.24) is 0 Å². The van der Waals surface area contributed by atoms with E-state index in [4.69, 9.17) is 4.74 Å². The summed E-state index contributed by atoms with van der Waals surface area (Å²) in [6.45, 7) is 2.33. The van der Waals surface area contributed by atoms with E-state index < -0.39 is 0 Å². The molecule has 0 aromatic heterocycles. The largest absolute Gasteiger partial charge is 0.465 e. The summed E-state index contributed by atoms with van der Waals surface area (Å²) in [5.41, 5.74) is 2.00. The van der Waals surface area contributed by atoms with E-state index in [2.05, 4.69) is 19.1 Å². The van der Waals surface area contributed by atoms with Crippen LogP contribution in [0, 0.1) is 5.92 Å². The van der Waals surface area contributed by atoms with Crippen molar-refractivity contribution in [2.75, 3.05) is 7.11 Å². The van der Waals surface area contributed by atoms with Gasteiger partial charge in [0.25, 0.3) is 0 Å². The van der Waals surface area contributed by atoms with Crippen LogP contribution in [0.25, 0.3) is 0 Å². The van der Waals surface area contributed by atoms with E-state index in [-0.39, 0.29) is 5.97 Å². The van der Waals surface area contributed by atoms with E-state index in [0.717, 1.165) is 5.92 Å². The predicted molar refractivity (Wildman–Crippen MR) is 68.2 cm³/mol. The molecule has 1 aliphatic carbocycles. The molecule has 1 aliphatic rings. The van der Waals surface area contributed by atoms with Gasteiger partial charge in [0, 0.05) is 0 Å². The number of methoxy groups -OCH3 is 1. The molecule has 2 heteroatoms. The van der Waals surface area contributed by atoms with Gasteiger partial charge in [-0.05, 0) is 36.0 Å². The second-order valence-electron chi connectivity index (χ2n) is 4.98. The molecule has 1 aromatic carbocycles. The molecule has 92 valence electrons. The average molecular weight is 232 g/mol. The van der Waals surface area contributed by atoms with Crippen molar-refractivity contribution in [2.24, 2.45) is 5.92 Å². The van der Waals surface area contributed by atoms with Gasteiger partial charge in [-0.15, -0.1) is 0 Å². The number of benzene rings is 1. The van der Waals surface area contributed by atoms with E-state index in [0.29, 0.717) is 11.5 Å². The van der Waals surface area contributed by atoms with E-state index in [1.165, 1.54) is 38.4 Å². The molecule has 2 atom stereocenters. The summed E-state index contributed by atoms with van der Waals surface area (Å²) in [5.74, 6) is 1.16. The van der Waals surface area contributed by atoms with E-state index >= 15 is 0 Å². The first kappa shape index (κ1) is 12.2. The molecular weight excluding hydrogens is 212 g/mol. The van der Waals surface area contributed by atoms with Crippen LogP contribution in [0.3, 0.4) is 0 Å². The summed E-state index contributed by atoms with van der Waals surface area (Å²) >= 11 is 0. The molecule has 0 aliphatic heterocycles. The lowest BCUT2D eigenvalue weighted by Gasteiger charge is -2.29. The summed E-state index contributed by atoms with van der Waals surface area (Å²) < 4.78 is 4.70. The molecule has 1 saturated carbocycles. The highest BCUT2D eigenvalue weighted by Gasteiger charge is 2.22. The fraction of sp³-hybridized carbons (Fsp3) is 0.533. The fourth-order valence-electron chi connectivity index (χ4n) is 2.80. The Hall–Kier alpha value is -1.31. The summed E-state index contributed by atoms with van der Waals surface area (Å²) in [5, 5.41) is 0. The Kier molecular flexibility index (Phi) is 3.82. The summed E-state index contributed by atoms with van der Waals surface area (Å²) in [6, 6.07) is 7.92. The molecule has 17 heavy (non-hydrogen) atoms. The van der Waals surface area contributed by atoms with Gasteiger partial charge in [-0.2, -0.15) is 0 Å². The second-order valence-corrected chi connectivity index (χ2v) is 4.98. The molecule has 0 saturated heterocycles. The third kappa shape index (κ3) is 2.68. The molecule has 0 radical (unpaired) electrons. The predicted octanol–water partition coefficient (Wildman–Crippen LogP) is 3.77. The van der Waals surface area contributed by atoms with Crippen LogP contribution in [-0.2, 0) is 4.74 Å². The number of hydrogen-bond donors (Lipinski definition) is 0. The van der Waals surface area contributed by atoms with Gasteiger partial charge < -0.3 is 4.74 Å². The van der Waals surface area contributed by atoms with Crippen LogP contribution < -0.4 is 0 Å². The van der Waals surface area contributed by atoms with Gasteiger partial charge in [0.15, 0.2) is 0 Å². The normalized spacial score (nSPS) is 24.4. The Labute approximate surface area is 103 Å². The lowest BCUT2D eigenvalue weighted by molar-refractivity contribution is 0.0600. The Morgan fingerprint density at radius 3 is 2.41 bits per heavy atom. The third-order valence-electron chi connectivity index (χ3n) is 3.87. The van der Waals surface area contributed by atoms with Crippen molar-refractivity contribution in [1.29, 1.82) is 0 Å². The first-order valence-electron chi connectivity index (χ1n) is 6.40. The standard InChI is InChI=1S/C15H20O2/c1-11-5-3-4-6-14(11)12-7-9-13(10-8-12)15(16)17-2/h7-11,14H,3-6H2,1-2H3/t11-,14-/m0/s1. The van der Waals surface area contributed by atoms with Gasteiger partial charge in [0.1, 0.15) is 0 Å². The third-order valence-corrected chi connectivity index (χ3v) is 3.87. The number of carbonyl (C=O) groups is 1. The summed E-state index contributed by atoms with van der Waals surface area (Å²) in [7, 11) is 1.42. The zero-order valence-corrected chi connectivity index (χ0v) is 10.6. The quantitative estimate of drug-likeness (QED) is 0.725. The van der Waals surface area contributed by atoms with Gasteiger partial charge in [0.2, 0.25) is 0 Å². The zero-order valence-electron chi connectivity index (χ0n) is 10.6. The number of ether oxygens (including phenoxy) is 1. The Morgan fingerprint density at radius 1 is 1.18 bits per heavy atom. The van der Waals surface area contributed by atoms with Gasteiger partial charge in [-0.1, -0.05) is 38.3 Å². The van der Waals surface area contributed by atoms with Crippen LogP contribution in [0.5, 0.6) is 0 Å². The van der Waals surface area contributed by atoms with Crippen molar-refractivity contribution in [3.63, 3.8) is 0 Å². The van der Waals surface area contributed by atoms with Crippen LogP contribution in [-0.4, -0.2) is 13.1 Å². The van der Waals surface area contributed by atoms with Crippen LogP contribution in [0.15, 0.2) is 24.3 Å². The second kappa shape index (κ2) is 5.35. The van der Waals surface area contributed by atoms with E-state index in [9.17, 15) is 4.79 Å². The minimum absolute atomic E-state index is 0.256. The van der Waals surface area contributed by atoms with Crippen LogP contribution in [0.4, 0.5) is 0 Å². The van der Waals surface area contributed by atoms with Gasteiger partial charge in [-0.3, -0.25) is 0 Å². The monoisotopic (exact) mass is 232 g/mol. The Morgan fingerprint density at radius 2 is 1.82 bits per heavy atom. The Bertz CT molecular complexity index is 380. The van der Waals surface area contributed by atoms with Gasteiger partial charge in [-0.25, -0.2) is 4.79 Å². The molecule has 0 amide bonds. The molecule has 2 nitrogen and oxygen atoms in total. The highest BCUT2D eigenvalue weighted by atomic mass is 16.5. The van der Waals surface area contributed by atoms with Crippen LogP contribution >= 0.6 is 0 Å². The lowest BCUT2D eigenvalue weighted by atomic mass is 9.76. The van der Waals surface area contributed by atoms with Crippen molar-refractivity contribution < 1.29 is 9.53 Å². The number of rotatable bonds is 2. The highest BCUT2D eigenvalue weighted by molar-refractivity contribution is 5.89. The van der Waals surface area contributed by atoms with E-state index in [1.54, 1.807) is 0 Å². The van der Waals surface area contributed by atoms with E-state index in [1.807, 2.05) is 12.1 Å². The topological polar surface area (TPSA) is 26.3 Å². The highest BCUT2D eigenvalue weighted by Crippen LogP contribution is 2.37. The average Bonchev–Trinajstić information content (AvgIpc) is 2.39. The molecule has 0 unspecified atom stereocenters. The smallest absolute Gasteiger partial charge is 0.337 e. The maximum absolute atomic E-state index is 11.3. The zero-order chi connectivity index (χ0) is 12.3. The molecule has 0 spiro atoms. The Balaban J connectivity index is 2.14. The SMILES string of the molecule is COC(=O)c1ccc([C@H]2CCCC[C@@H]2C)cc1. The van der Waals surface area contributed by atoms with Crippen molar-refractivity contribution in [3.8, 4) is 0 Å². The van der Waals surface area contributed by atoms with Crippen molar-refractivity contribution >= 4 is 5.97 Å². The fourth-order valence-corrected chi connectivity index (χ4v) is 2.80. The minimum Gasteiger partial charge on any atom is -0.465 e. The first-order valence-corrected chi connectivity index (χ1v) is 6.40. The molecule has 2 rings (SSSR count).